The van der Waals surface area contributed by atoms with E-state index in [1.165, 1.54) is 13.8 Å². The Balaban J connectivity index is 2.89. The molecule has 2 unspecified atom stereocenters. The van der Waals surface area contributed by atoms with Crippen molar-refractivity contribution < 1.29 is 24.6 Å². The first-order valence-electron chi connectivity index (χ1n) is 7.39. The van der Waals surface area contributed by atoms with Crippen LogP contribution in [0.4, 0.5) is 4.79 Å². The molecule has 1 rings (SSSR count). The number of urea groups is 1. The predicted octanol–water partition coefficient (Wildman–Crippen LogP) is -1.92. The maximum atomic E-state index is 12.1. The van der Waals surface area contributed by atoms with Gasteiger partial charge in [0.15, 0.2) is 5.78 Å². The summed E-state index contributed by atoms with van der Waals surface area (Å²) in [4.78, 5) is 34.8. The number of nitrogens with one attached hydrogen (secondary N) is 2. The molecule has 1 aromatic heterocycles. The van der Waals surface area contributed by atoms with Gasteiger partial charge in [-0.25, -0.2) is 4.79 Å². The normalized spacial score (nSPS) is 15.7. The van der Waals surface area contributed by atoms with Crippen LogP contribution in [-0.2, 0) is 9.59 Å². The van der Waals surface area contributed by atoms with Crippen molar-refractivity contribution in [1.82, 2.24) is 20.8 Å². The zero-order valence-corrected chi connectivity index (χ0v) is 14.6. The smallest absolute Gasteiger partial charge is 0.316 e. The lowest BCUT2D eigenvalue weighted by atomic mass is 10.1. The van der Waals surface area contributed by atoms with Crippen molar-refractivity contribution in [3.63, 3.8) is 0 Å². The van der Waals surface area contributed by atoms with Gasteiger partial charge in [-0.05, 0) is 13.8 Å². The highest BCUT2D eigenvalue weighted by molar-refractivity contribution is 7.11. The lowest BCUT2D eigenvalue weighted by molar-refractivity contribution is -0.121. The number of aromatic nitrogens is 2. The Labute approximate surface area is 147 Å². The summed E-state index contributed by atoms with van der Waals surface area (Å²) in [6.45, 7) is 2.25. The number of hydrogen-bond acceptors (Lipinski definition) is 9. The number of carbonyl (C=O) groups excluding carboxylic acids is 3. The summed E-state index contributed by atoms with van der Waals surface area (Å²) >= 11 is 1.02. The molecule has 11 nitrogen and oxygen atoms in total. The lowest BCUT2D eigenvalue weighted by Crippen LogP contribution is -2.51. The van der Waals surface area contributed by atoms with Crippen LogP contribution in [0.5, 0.6) is 0 Å². The van der Waals surface area contributed by atoms with Crippen LogP contribution in [0.15, 0.2) is 0 Å². The summed E-state index contributed by atoms with van der Waals surface area (Å²) in [6, 6.07) is -3.50. The number of aliphatic hydroxyl groups is 2. The van der Waals surface area contributed by atoms with Crippen molar-refractivity contribution in [2.75, 3.05) is 6.61 Å². The maximum Gasteiger partial charge on any atom is 0.316 e. The minimum atomic E-state index is -1.10. The molecule has 0 bridgehead atoms. The number of nitrogens with zero attached hydrogens (tertiary/aromatic N) is 2. The topological polar surface area (TPSA) is 194 Å². The first-order valence-corrected chi connectivity index (χ1v) is 8.20. The van der Waals surface area contributed by atoms with E-state index >= 15 is 0 Å². The van der Waals surface area contributed by atoms with E-state index in [0.717, 1.165) is 11.3 Å². The van der Waals surface area contributed by atoms with Gasteiger partial charge in [-0.3, -0.25) is 9.59 Å². The number of carbonyl (C=O) groups is 3. The second kappa shape index (κ2) is 9.36. The molecule has 0 aliphatic carbocycles. The molecular formula is C13H22N6O5S. The first kappa shape index (κ1) is 20.9. The first-order chi connectivity index (χ1) is 11.6. The Morgan fingerprint density at radius 1 is 1.24 bits per heavy atom. The zero-order valence-electron chi connectivity index (χ0n) is 13.8. The van der Waals surface area contributed by atoms with Gasteiger partial charge < -0.3 is 32.3 Å². The van der Waals surface area contributed by atoms with Crippen LogP contribution in [-0.4, -0.2) is 56.9 Å². The van der Waals surface area contributed by atoms with Gasteiger partial charge in [0.2, 0.25) is 5.91 Å². The molecule has 140 valence electrons. The molecule has 3 amide bonds. The van der Waals surface area contributed by atoms with Crippen LogP contribution in [0.25, 0.3) is 0 Å². The molecule has 8 N–H and O–H groups in total. The SMILES string of the molecule is CC(=O)[C@@H](NC(=O)NC(CC(N)=O)c1nnc([C@@H](N)CO)s1)C(C)O. The van der Waals surface area contributed by atoms with Crippen LogP contribution >= 0.6 is 11.3 Å². The molecule has 0 aliphatic rings. The van der Waals surface area contributed by atoms with Gasteiger partial charge in [-0.2, -0.15) is 0 Å². The highest BCUT2D eigenvalue weighted by atomic mass is 32.1. The molecule has 0 fully saturated rings. The molecule has 1 aromatic rings. The largest absolute Gasteiger partial charge is 0.394 e. The average Bonchev–Trinajstić information content (AvgIpc) is 3.00. The van der Waals surface area contributed by atoms with Crippen molar-refractivity contribution in [2.24, 2.45) is 11.5 Å². The van der Waals surface area contributed by atoms with Crippen molar-refractivity contribution in [1.29, 1.82) is 0 Å². The van der Waals surface area contributed by atoms with Gasteiger partial charge >= 0.3 is 6.03 Å². The fraction of sp³-hybridized carbons (Fsp3) is 0.615. The molecule has 0 aliphatic heterocycles. The number of primary amides is 1. The average molecular weight is 374 g/mol. The number of aliphatic hydroxyl groups excluding tert-OH is 2. The molecule has 0 spiro atoms. The number of ketones is 1. The lowest BCUT2D eigenvalue weighted by Gasteiger charge is -2.21. The summed E-state index contributed by atoms with van der Waals surface area (Å²) in [5.41, 5.74) is 10.8. The molecule has 0 aromatic carbocycles. The molecule has 25 heavy (non-hydrogen) atoms. The van der Waals surface area contributed by atoms with Gasteiger partial charge in [-0.1, -0.05) is 11.3 Å². The fourth-order valence-corrected chi connectivity index (χ4v) is 2.81. The van der Waals surface area contributed by atoms with Crippen LogP contribution in [0.2, 0.25) is 0 Å². The van der Waals surface area contributed by atoms with Gasteiger partial charge in [0.1, 0.15) is 16.1 Å². The van der Waals surface area contributed by atoms with Crippen molar-refractivity contribution in [3.05, 3.63) is 10.0 Å². The minimum absolute atomic E-state index is 0.254. The minimum Gasteiger partial charge on any atom is -0.394 e. The number of nitrogens with two attached hydrogens (primary N) is 2. The zero-order chi connectivity index (χ0) is 19.1. The van der Waals surface area contributed by atoms with E-state index < -0.39 is 42.0 Å². The summed E-state index contributed by atoms with van der Waals surface area (Å²) < 4.78 is 0. The maximum absolute atomic E-state index is 12.1. The third kappa shape index (κ3) is 6.34. The van der Waals surface area contributed by atoms with Crippen molar-refractivity contribution in [3.8, 4) is 0 Å². The molecule has 1 heterocycles. The standard InChI is InChI=1S/C13H22N6O5S/c1-5(21)10(6(2)22)17-13(24)16-8(3-9(15)23)12-19-18-11(25-12)7(14)4-20/h5,7-8,10,20-21H,3-4,14H2,1-2H3,(H2,15,23)(H2,16,17,24)/t5?,7-,8?,10-/m0/s1. The quantitative estimate of drug-likeness (QED) is 0.288. The van der Waals surface area contributed by atoms with Gasteiger partial charge in [0.25, 0.3) is 0 Å². The second-order valence-electron chi connectivity index (χ2n) is 5.44. The van der Waals surface area contributed by atoms with Crippen LogP contribution in [0.1, 0.15) is 42.4 Å². The Kier molecular flexibility index (Phi) is 7.83. The van der Waals surface area contributed by atoms with Crippen LogP contribution < -0.4 is 22.1 Å². The third-order valence-electron chi connectivity index (χ3n) is 3.19. The van der Waals surface area contributed by atoms with E-state index in [9.17, 15) is 19.5 Å². The Morgan fingerprint density at radius 2 is 1.84 bits per heavy atom. The molecule has 12 heteroatoms. The summed E-state index contributed by atoms with van der Waals surface area (Å²) in [7, 11) is 0. The van der Waals surface area contributed by atoms with Crippen molar-refractivity contribution in [2.45, 2.75) is 44.5 Å². The Bertz CT molecular complexity index is 622. The van der Waals surface area contributed by atoms with Gasteiger partial charge in [-0.15, -0.1) is 10.2 Å². The van der Waals surface area contributed by atoms with Crippen molar-refractivity contribution >= 4 is 29.1 Å². The molecular weight excluding hydrogens is 352 g/mol. The monoisotopic (exact) mass is 374 g/mol. The third-order valence-corrected chi connectivity index (χ3v) is 4.35. The molecule has 0 saturated carbocycles. The van der Waals surface area contributed by atoms with E-state index in [0.29, 0.717) is 5.01 Å². The predicted molar refractivity (Wildman–Crippen MR) is 88.3 cm³/mol. The highest BCUT2D eigenvalue weighted by Gasteiger charge is 2.26. The van der Waals surface area contributed by atoms with E-state index in [-0.39, 0.29) is 18.0 Å². The molecule has 0 radical (unpaired) electrons. The summed E-state index contributed by atoms with van der Waals surface area (Å²) in [5.74, 6) is -1.11. The van der Waals surface area contributed by atoms with Gasteiger partial charge in [0.05, 0.1) is 31.2 Å². The van der Waals surface area contributed by atoms with Crippen LogP contribution in [0, 0.1) is 0 Å². The number of amides is 3. The van der Waals surface area contributed by atoms with E-state index in [1.807, 2.05) is 0 Å². The van der Waals surface area contributed by atoms with E-state index in [4.69, 9.17) is 16.6 Å². The fourth-order valence-electron chi connectivity index (χ4n) is 1.92. The Hall–Kier alpha value is -2.15. The number of rotatable bonds is 9. The van der Waals surface area contributed by atoms with E-state index in [2.05, 4.69) is 20.8 Å². The highest BCUT2D eigenvalue weighted by Crippen LogP contribution is 2.23. The van der Waals surface area contributed by atoms with E-state index in [1.54, 1.807) is 0 Å². The number of hydrogen-bond donors (Lipinski definition) is 6. The molecule has 0 saturated heterocycles. The number of Topliss-reactive ketones (excluding diaryl/α,β-unsaturated/α-hetero) is 1. The van der Waals surface area contributed by atoms with Gasteiger partial charge in [0, 0.05) is 0 Å². The summed E-state index contributed by atoms with van der Waals surface area (Å²) in [6.07, 6.45) is -1.34. The Morgan fingerprint density at radius 3 is 2.32 bits per heavy atom. The van der Waals surface area contributed by atoms with Crippen LogP contribution in [0.3, 0.4) is 0 Å². The second-order valence-corrected chi connectivity index (χ2v) is 6.48. The molecule has 4 atom stereocenters. The summed E-state index contributed by atoms with van der Waals surface area (Å²) in [5, 5.41) is 31.6.